The lowest BCUT2D eigenvalue weighted by molar-refractivity contribution is -0.146. The summed E-state index contributed by atoms with van der Waals surface area (Å²) < 4.78 is 11.0. The zero-order valence-electron chi connectivity index (χ0n) is 18.8. The number of carbonyl (C=O) groups is 2. The number of allylic oxidation sites excluding steroid dienone is 2. The molecule has 162 valence electrons. The smallest absolute Gasteiger partial charge is 0.315 e. The quantitative estimate of drug-likeness (QED) is 0.454. The van der Waals surface area contributed by atoms with E-state index in [1.807, 2.05) is 31.2 Å². The first kappa shape index (κ1) is 22.3. The van der Waals surface area contributed by atoms with Crippen molar-refractivity contribution in [3.8, 4) is 5.75 Å². The minimum Gasteiger partial charge on any atom is -0.497 e. The minimum absolute atomic E-state index is 0.0779. The molecule has 0 radical (unpaired) electrons. The van der Waals surface area contributed by atoms with Crippen molar-refractivity contribution in [2.45, 2.75) is 65.7 Å². The molecule has 1 aliphatic heterocycles. The van der Waals surface area contributed by atoms with E-state index in [1.165, 1.54) is 0 Å². The van der Waals surface area contributed by atoms with Gasteiger partial charge < -0.3 is 9.47 Å². The van der Waals surface area contributed by atoms with Gasteiger partial charge in [-0.1, -0.05) is 45.7 Å². The monoisotopic (exact) mass is 411 g/mol. The maximum atomic E-state index is 13.2. The van der Waals surface area contributed by atoms with Gasteiger partial charge >= 0.3 is 5.97 Å². The first-order valence-electron chi connectivity index (χ1n) is 10.9. The van der Waals surface area contributed by atoms with E-state index in [4.69, 9.17) is 14.5 Å². The number of rotatable bonds is 7. The van der Waals surface area contributed by atoms with Crippen molar-refractivity contribution in [1.82, 2.24) is 0 Å². The number of benzene rings is 1. The van der Waals surface area contributed by atoms with Gasteiger partial charge in [-0.15, -0.1) is 0 Å². The number of esters is 1. The van der Waals surface area contributed by atoms with E-state index in [9.17, 15) is 9.59 Å². The van der Waals surface area contributed by atoms with Gasteiger partial charge in [0.05, 0.1) is 13.7 Å². The van der Waals surface area contributed by atoms with Crippen LogP contribution in [0.3, 0.4) is 0 Å². The first-order chi connectivity index (χ1) is 14.3. The molecule has 5 heteroatoms. The maximum Gasteiger partial charge on any atom is 0.315 e. The molecule has 1 heterocycles. The van der Waals surface area contributed by atoms with Gasteiger partial charge in [0.25, 0.3) is 0 Å². The van der Waals surface area contributed by atoms with Gasteiger partial charge in [-0.05, 0) is 42.9 Å². The molecule has 0 saturated carbocycles. The molecule has 1 unspecified atom stereocenters. The predicted octanol–water partition coefficient (Wildman–Crippen LogP) is 5.25. The van der Waals surface area contributed by atoms with Gasteiger partial charge in [-0.3, -0.25) is 14.6 Å². The molecule has 2 atom stereocenters. The number of hydrogen-bond acceptors (Lipinski definition) is 5. The zero-order valence-corrected chi connectivity index (χ0v) is 18.8. The van der Waals surface area contributed by atoms with Crippen LogP contribution in [0.2, 0.25) is 0 Å². The van der Waals surface area contributed by atoms with Crippen LogP contribution < -0.4 is 4.74 Å². The summed E-state index contributed by atoms with van der Waals surface area (Å²) >= 11 is 0. The van der Waals surface area contributed by atoms with E-state index in [0.29, 0.717) is 30.1 Å². The lowest BCUT2D eigenvalue weighted by atomic mass is 9.67. The molecule has 0 aromatic heterocycles. The number of nitrogens with zero attached hydrogens (tertiary/aromatic N) is 1. The largest absolute Gasteiger partial charge is 0.497 e. The second-order valence-electron chi connectivity index (χ2n) is 9.16. The summed E-state index contributed by atoms with van der Waals surface area (Å²) in [5.74, 6) is -0.510. The summed E-state index contributed by atoms with van der Waals surface area (Å²) in [5.41, 5.74) is 2.96. The van der Waals surface area contributed by atoms with Crippen molar-refractivity contribution in [3.05, 3.63) is 41.1 Å². The zero-order chi connectivity index (χ0) is 21.9. The van der Waals surface area contributed by atoms with E-state index in [-0.39, 0.29) is 17.2 Å². The Bertz CT molecular complexity index is 881. The Labute approximate surface area is 179 Å². The van der Waals surface area contributed by atoms with E-state index < -0.39 is 11.8 Å². The number of Topliss-reactive ketones (excluding diaryl/α,β-unsaturated/α-hetero) is 1. The lowest BCUT2D eigenvalue weighted by Gasteiger charge is -2.39. The fourth-order valence-electron chi connectivity index (χ4n) is 4.56. The molecule has 2 aliphatic rings. The van der Waals surface area contributed by atoms with Gasteiger partial charge in [-0.2, -0.15) is 0 Å². The molecule has 1 aliphatic carbocycles. The molecule has 1 aromatic rings. The fourth-order valence-corrected chi connectivity index (χ4v) is 4.56. The van der Waals surface area contributed by atoms with Crippen LogP contribution in [0.5, 0.6) is 5.75 Å². The Morgan fingerprint density at radius 3 is 2.70 bits per heavy atom. The van der Waals surface area contributed by atoms with E-state index >= 15 is 0 Å². The minimum atomic E-state index is -0.595. The number of unbranched alkanes of at least 4 members (excludes halogenated alkanes) is 2. The van der Waals surface area contributed by atoms with Gasteiger partial charge in [0.2, 0.25) is 0 Å². The highest BCUT2D eigenvalue weighted by molar-refractivity contribution is 6.09. The van der Waals surface area contributed by atoms with Crippen molar-refractivity contribution >= 4 is 17.5 Å². The third-order valence-electron chi connectivity index (χ3n) is 6.00. The summed E-state index contributed by atoms with van der Waals surface area (Å²) in [6.07, 6.45) is 4.11. The summed E-state index contributed by atoms with van der Waals surface area (Å²) in [7, 11) is 1.62. The number of methoxy groups -OCH3 is 1. The van der Waals surface area contributed by atoms with E-state index in [0.717, 1.165) is 36.9 Å². The average Bonchev–Trinajstić information content (AvgIpc) is 2.69. The van der Waals surface area contributed by atoms with Crippen LogP contribution in [0.15, 0.2) is 40.5 Å². The van der Waals surface area contributed by atoms with Crippen LogP contribution in [0, 0.1) is 11.3 Å². The van der Waals surface area contributed by atoms with Crippen LogP contribution in [-0.2, 0) is 14.3 Å². The number of carbonyl (C=O) groups excluding carboxylic acids is 2. The van der Waals surface area contributed by atoms with Crippen LogP contribution in [0.1, 0.15) is 71.3 Å². The van der Waals surface area contributed by atoms with Crippen molar-refractivity contribution in [2.75, 3.05) is 13.7 Å². The van der Waals surface area contributed by atoms with Crippen LogP contribution in [0.4, 0.5) is 0 Å². The summed E-state index contributed by atoms with van der Waals surface area (Å²) in [6.45, 7) is 8.57. The van der Waals surface area contributed by atoms with Crippen molar-refractivity contribution in [2.24, 2.45) is 16.3 Å². The highest BCUT2D eigenvalue weighted by atomic mass is 16.5. The summed E-state index contributed by atoms with van der Waals surface area (Å²) in [5, 5.41) is 0. The standard InChI is InChI=1S/C25H33NO4/c1-6-7-8-12-30-24(28)21-16(2)26-19-14-25(3,4)15-20(27)23(19)22(21)17-10-9-11-18(13-17)29-5/h9-11,13,21-22H,6-8,12,14-15H2,1-5H3/t21?,22-/m0/s1. The number of ether oxygens (including phenoxy) is 2. The van der Waals surface area contributed by atoms with Crippen LogP contribution in [0.25, 0.3) is 0 Å². The Morgan fingerprint density at radius 1 is 1.23 bits per heavy atom. The third kappa shape index (κ3) is 4.66. The molecular formula is C25H33NO4. The van der Waals surface area contributed by atoms with Crippen molar-refractivity contribution < 1.29 is 19.1 Å². The lowest BCUT2D eigenvalue weighted by Crippen LogP contribution is -2.39. The maximum absolute atomic E-state index is 13.2. The summed E-state index contributed by atoms with van der Waals surface area (Å²) in [4.78, 5) is 31.2. The van der Waals surface area contributed by atoms with Gasteiger partial charge in [-0.25, -0.2) is 0 Å². The Balaban J connectivity index is 2.03. The molecular weight excluding hydrogens is 378 g/mol. The number of hydrogen-bond donors (Lipinski definition) is 0. The third-order valence-corrected chi connectivity index (χ3v) is 6.00. The van der Waals surface area contributed by atoms with Crippen molar-refractivity contribution in [3.63, 3.8) is 0 Å². The highest BCUT2D eigenvalue weighted by Gasteiger charge is 2.46. The SMILES string of the molecule is CCCCCOC(=O)C1C(C)=NC2=C(C(=O)CC(C)(C)C2)[C@H]1c1cccc(OC)c1. The van der Waals surface area contributed by atoms with E-state index in [2.05, 4.69) is 20.8 Å². The molecule has 0 spiro atoms. The second kappa shape index (κ2) is 9.15. The molecule has 0 N–H and O–H groups in total. The molecule has 5 nitrogen and oxygen atoms in total. The predicted molar refractivity (Wildman–Crippen MR) is 118 cm³/mol. The summed E-state index contributed by atoms with van der Waals surface area (Å²) in [6, 6.07) is 7.64. The Hall–Kier alpha value is -2.43. The second-order valence-corrected chi connectivity index (χ2v) is 9.16. The fraction of sp³-hybridized carbons (Fsp3) is 0.560. The molecule has 1 aromatic carbocycles. The molecule has 0 bridgehead atoms. The van der Waals surface area contributed by atoms with Gasteiger partial charge in [0.15, 0.2) is 5.78 Å². The number of aliphatic imine (C=N–C) groups is 1. The number of ketones is 1. The molecule has 0 saturated heterocycles. The van der Waals surface area contributed by atoms with Crippen LogP contribution in [-0.4, -0.2) is 31.2 Å². The average molecular weight is 412 g/mol. The van der Waals surface area contributed by atoms with Gasteiger partial charge in [0, 0.05) is 29.3 Å². The molecule has 3 rings (SSSR count). The van der Waals surface area contributed by atoms with Crippen LogP contribution >= 0.6 is 0 Å². The highest BCUT2D eigenvalue weighted by Crippen LogP contribution is 2.48. The normalized spacial score (nSPS) is 23.0. The van der Waals surface area contributed by atoms with Gasteiger partial charge in [0.1, 0.15) is 11.7 Å². The Morgan fingerprint density at radius 2 is 2.00 bits per heavy atom. The Kier molecular flexibility index (Phi) is 6.79. The first-order valence-corrected chi connectivity index (χ1v) is 10.9. The van der Waals surface area contributed by atoms with Crippen molar-refractivity contribution in [1.29, 1.82) is 0 Å². The van der Waals surface area contributed by atoms with E-state index in [1.54, 1.807) is 7.11 Å². The molecule has 0 fully saturated rings. The molecule has 30 heavy (non-hydrogen) atoms. The molecule has 0 amide bonds. The topological polar surface area (TPSA) is 65.0 Å².